The van der Waals surface area contributed by atoms with Crippen LogP contribution in [0.25, 0.3) is 0 Å². The van der Waals surface area contributed by atoms with Crippen molar-refractivity contribution in [1.29, 1.82) is 0 Å². The molecule has 2 aromatic carbocycles. The minimum atomic E-state index is -2.62. The summed E-state index contributed by atoms with van der Waals surface area (Å²) in [7, 11) is 0.663. The van der Waals surface area contributed by atoms with E-state index >= 15 is 0 Å². The van der Waals surface area contributed by atoms with Crippen LogP contribution >= 0.6 is 0 Å². The van der Waals surface area contributed by atoms with E-state index in [2.05, 4.69) is 75.9 Å². The Bertz CT molecular complexity index is 776. The van der Waals surface area contributed by atoms with Gasteiger partial charge >= 0.3 is 0 Å². The van der Waals surface area contributed by atoms with Gasteiger partial charge in [-0.3, -0.25) is 4.79 Å². The van der Waals surface area contributed by atoms with E-state index in [0.717, 1.165) is 0 Å². The Kier molecular flexibility index (Phi) is 8.18. The monoisotopic (exact) mass is 425 g/mol. The summed E-state index contributed by atoms with van der Waals surface area (Å²) in [6.45, 7) is 11.0. The Morgan fingerprint density at radius 2 is 1.53 bits per heavy atom. The van der Waals surface area contributed by atoms with Crippen molar-refractivity contribution in [2.24, 2.45) is 5.92 Å². The summed E-state index contributed by atoms with van der Waals surface area (Å²) in [4.78, 5) is 13.6. The molecule has 1 N–H and O–H groups in total. The van der Waals surface area contributed by atoms with Crippen LogP contribution in [0.4, 0.5) is 0 Å². The van der Waals surface area contributed by atoms with Gasteiger partial charge in [-0.1, -0.05) is 87.5 Å². The zero-order chi connectivity index (χ0) is 22.4. The maximum atomic E-state index is 12.2. The van der Waals surface area contributed by atoms with Gasteiger partial charge in [-0.2, -0.15) is 0 Å². The van der Waals surface area contributed by atoms with Crippen LogP contribution in [-0.4, -0.2) is 51.0 Å². The minimum Gasteiger partial charge on any atom is -0.407 e. The van der Waals surface area contributed by atoms with E-state index in [1.165, 1.54) is 15.3 Å². The number of hydrogen-bond acceptors (Lipinski definition) is 3. The molecule has 5 heteroatoms. The van der Waals surface area contributed by atoms with Crippen LogP contribution in [0.2, 0.25) is 5.04 Å². The molecule has 0 spiro atoms. The Balaban J connectivity index is 2.37. The lowest BCUT2D eigenvalue weighted by atomic mass is 9.98. The maximum absolute atomic E-state index is 12.2. The average Bonchev–Trinajstić information content (AvgIpc) is 2.73. The highest BCUT2D eigenvalue weighted by Gasteiger charge is 2.50. The number of aliphatic hydroxyl groups is 1. The summed E-state index contributed by atoms with van der Waals surface area (Å²) in [5.74, 6) is -0.677. The molecule has 0 aliphatic heterocycles. The van der Waals surface area contributed by atoms with E-state index in [4.69, 9.17) is 4.43 Å². The molecule has 2 rings (SSSR count). The first-order chi connectivity index (χ1) is 14.1. The van der Waals surface area contributed by atoms with E-state index in [1.807, 2.05) is 12.1 Å². The number of likely N-dealkylation sites (N-methyl/N-ethyl adjacent to an activating group) is 1. The lowest BCUT2D eigenvalue weighted by molar-refractivity contribution is -0.139. The molecule has 4 nitrogen and oxygen atoms in total. The molecule has 0 unspecified atom stereocenters. The molecule has 0 aliphatic rings. The lowest BCUT2D eigenvalue weighted by Crippen LogP contribution is -2.66. The second kappa shape index (κ2) is 10.2. The van der Waals surface area contributed by atoms with Crippen molar-refractivity contribution in [3.63, 3.8) is 0 Å². The van der Waals surface area contributed by atoms with Crippen molar-refractivity contribution >= 4 is 24.6 Å². The molecule has 2 aromatic rings. The van der Waals surface area contributed by atoms with Gasteiger partial charge in [0.05, 0.1) is 0 Å². The van der Waals surface area contributed by atoms with E-state index in [-0.39, 0.29) is 16.9 Å². The quantitative estimate of drug-likeness (QED) is 0.496. The zero-order valence-corrected chi connectivity index (χ0v) is 19.8. The van der Waals surface area contributed by atoms with Gasteiger partial charge in [0, 0.05) is 26.6 Å². The normalized spacial score (nSPS) is 14.1. The Labute approximate surface area is 182 Å². The van der Waals surface area contributed by atoms with Gasteiger partial charge in [0.2, 0.25) is 0 Å². The van der Waals surface area contributed by atoms with Gasteiger partial charge in [0.1, 0.15) is 6.10 Å². The van der Waals surface area contributed by atoms with Crippen LogP contribution in [0.15, 0.2) is 73.3 Å². The standard InChI is InChI=1S/C25H35NO3Si/c1-7-20(23(27)24(28)26(5)6)18-19-29-30(25(2,3)4,21-14-10-8-11-15-21)22-16-12-9-13-17-22/h7-17,20,23,27H,1,18-19H2,2-6H3/t20-,23+/m0/s1. The van der Waals surface area contributed by atoms with Crippen molar-refractivity contribution < 1.29 is 14.3 Å². The van der Waals surface area contributed by atoms with Crippen LogP contribution in [0.5, 0.6) is 0 Å². The fourth-order valence-electron chi connectivity index (χ4n) is 3.96. The third-order valence-electron chi connectivity index (χ3n) is 5.59. The average molecular weight is 426 g/mol. The molecular formula is C25H35NO3Si. The molecule has 0 radical (unpaired) electrons. The van der Waals surface area contributed by atoms with Crippen molar-refractivity contribution in [3.05, 3.63) is 73.3 Å². The van der Waals surface area contributed by atoms with Gasteiger partial charge < -0.3 is 14.4 Å². The first-order valence-corrected chi connectivity index (χ1v) is 12.3. The molecular weight excluding hydrogens is 390 g/mol. The first-order valence-electron chi connectivity index (χ1n) is 10.4. The predicted octanol–water partition coefficient (Wildman–Crippen LogP) is 3.20. The molecule has 0 heterocycles. The highest BCUT2D eigenvalue weighted by molar-refractivity contribution is 6.99. The van der Waals surface area contributed by atoms with Crippen LogP contribution in [0, 0.1) is 5.92 Å². The summed E-state index contributed by atoms with van der Waals surface area (Å²) in [6.07, 6.45) is 1.07. The molecule has 0 aromatic heterocycles. The topological polar surface area (TPSA) is 49.8 Å². The molecule has 0 saturated heterocycles. The first kappa shape index (κ1) is 24.1. The number of carbonyl (C=O) groups excluding carboxylic acids is 1. The smallest absolute Gasteiger partial charge is 0.261 e. The highest BCUT2D eigenvalue weighted by atomic mass is 28.4. The van der Waals surface area contributed by atoms with E-state index in [1.54, 1.807) is 20.2 Å². The fourth-order valence-corrected chi connectivity index (χ4v) is 8.54. The van der Waals surface area contributed by atoms with Gasteiger partial charge in [0.15, 0.2) is 0 Å². The number of rotatable bonds is 9. The number of nitrogens with zero attached hydrogens (tertiary/aromatic N) is 1. The summed E-state index contributed by atoms with van der Waals surface area (Å²) in [5.41, 5.74) is 0. The van der Waals surface area contributed by atoms with Gasteiger partial charge in [-0.25, -0.2) is 0 Å². The van der Waals surface area contributed by atoms with Gasteiger partial charge in [-0.15, -0.1) is 6.58 Å². The Morgan fingerprint density at radius 1 is 1.07 bits per heavy atom. The number of carbonyl (C=O) groups is 1. The van der Waals surface area contributed by atoms with Crippen LogP contribution in [0.1, 0.15) is 27.2 Å². The van der Waals surface area contributed by atoms with Crippen molar-refractivity contribution in [2.45, 2.75) is 38.3 Å². The summed E-state index contributed by atoms with van der Waals surface area (Å²) >= 11 is 0. The molecule has 0 bridgehead atoms. The third kappa shape index (κ3) is 5.09. The van der Waals surface area contributed by atoms with E-state index < -0.39 is 14.4 Å². The highest BCUT2D eigenvalue weighted by Crippen LogP contribution is 2.37. The summed E-state index contributed by atoms with van der Waals surface area (Å²) < 4.78 is 6.84. The second-order valence-corrected chi connectivity index (χ2v) is 13.2. The van der Waals surface area contributed by atoms with Crippen LogP contribution in [0.3, 0.4) is 0 Å². The second-order valence-electron chi connectivity index (χ2n) is 8.88. The molecule has 2 atom stereocenters. The van der Waals surface area contributed by atoms with Crippen molar-refractivity contribution in [1.82, 2.24) is 4.90 Å². The van der Waals surface area contributed by atoms with Crippen LogP contribution < -0.4 is 10.4 Å². The SMILES string of the molecule is C=C[C@@H](CCO[Si](c1ccccc1)(c1ccccc1)C(C)(C)C)[C@@H](O)C(=O)N(C)C. The molecule has 0 aliphatic carbocycles. The summed E-state index contributed by atoms with van der Waals surface area (Å²) in [6, 6.07) is 20.9. The molecule has 1 amide bonds. The largest absolute Gasteiger partial charge is 0.407 e. The third-order valence-corrected chi connectivity index (χ3v) is 10.6. The Hall–Kier alpha value is -2.21. The zero-order valence-electron chi connectivity index (χ0n) is 18.8. The number of hydrogen-bond donors (Lipinski definition) is 1. The predicted molar refractivity (Wildman–Crippen MR) is 127 cm³/mol. The van der Waals surface area contributed by atoms with Gasteiger partial charge in [0.25, 0.3) is 14.2 Å². The van der Waals surface area contributed by atoms with Gasteiger partial charge in [-0.05, 0) is 21.8 Å². The number of aliphatic hydroxyl groups excluding tert-OH is 1. The molecule has 0 saturated carbocycles. The number of benzene rings is 2. The lowest BCUT2D eigenvalue weighted by Gasteiger charge is -2.43. The maximum Gasteiger partial charge on any atom is 0.261 e. The van der Waals surface area contributed by atoms with Crippen LogP contribution in [-0.2, 0) is 9.22 Å². The van der Waals surface area contributed by atoms with Crippen molar-refractivity contribution in [3.8, 4) is 0 Å². The van der Waals surface area contributed by atoms with E-state index in [9.17, 15) is 9.90 Å². The summed E-state index contributed by atoms with van der Waals surface area (Å²) in [5, 5.41) is 12.8. The minimum absolute atomic E-state index is 0.114. The fraction of sp³-hybridized carbons (Fsp3) is 0.400. The Morgan fingerprint density at radius 3 is 1.90 bits per heavy atom. The van der Waals surface area contributed by atoms with E-state index in [0.29, 0.717) is 13.0 Å². The molecule has 0 fully saturated rings. The van der Waals surface area contributed by atoms with Crippen molar-refractivity contribution in [2.75, 3.05) is 20.7 Å². The molecule has 30 heavy (non-hydrogen) atoms. The molecule has 162 valence electrons. The number of amides is 1.